The van der Waals surface area contributed by atoms with Crippen LogP contribution in [0, 0.1) is 0 Å². The van der Waals surface area contributed by atoms with Crippen molar-refractivity contribution in [1.82, 2.24) is 15.0 Å². The third-order valence-corrected chi connectivity index (χ3v) is 5.34. The van der Waals surface area contributed by atoms with Gasteiger partial charge in [0.2, 0.25) is 5.28 Å². The van der Waals surface area contributed by atoms with E-state index in [0.29, 0.717) is 17.0 Å². The van der Waals surface area contributed by atoms with E-state index in [1.54, 1.807) is 0 Å². The Labute approximate surface area is 189 Å². The Morgan fingerprint density at radius 3 is 2.00 bits per heavy atom. The Morgan fingerprint density at radius 1 is 0.645 bits per heavy atom. The number of aromatic nitrogens is 3. The number of benzene rings is 3. The van der Waals surface area contributed by atoms with Crippen LogP contribution in [-0.4, -0.2) is 54.2 Å². The molecule has 0 atom stereocenters. The molecule has 3 aromatic carbocycles. The van der Waals surface area contributed by atoms with E-state index in [2.05, 4.69) is 15.0 Å². The zero-order chi connectivity index (χ0) is 21.9. The summed E-state index contributed by atoms with van der Waals surface area (Å²) >= 11 is 6.19. The van der Waals surface area contributed by atoms with Crippen LogP contribution in [0.15, 0.2) is 46.9 Å². The van der Waals surface area contributed by atoms with Gasteiger partial charge in [-0.15, -0.1) is 16.4 Å². The summed E-state index contributed by atoms with van der Waals surface area (Å²) in [5.74, 6) is 0.443. The van der Waals surface area contributed by atoms with Gasteiger partial charge in [-0.05, 0) is 29.8 Å². The van der Waals surface area contributed by atoms with Gasteiger partial charge in [0, 0.05) is 21.9 Å². The molecule has 31 heavy (non-hydrogen) atoms. The summed E-state index contributed by atoms with van der Waals surface area (Å²) in [6.45, 7) is 0. The molecule has 0 unspecified atom stereocenters. The Bertz CT molecular complexity index is 1490. The first-order valence-electron chi connectivity index (χ1n) is 9.20. The molecule has 0 aliphatic carbocycles. The van der Waals surface area contributed by atoms with E-state index in [0.717, 1.165) is 16.4 Å². The first-order valence-corrected chi connectivity index (χ1v) is 9.58. The SMILES string of the molecule is [B]c1c([B])c([B])c(-c2nc(Cl)nc(-c3ccc4c(c3)oc3ccccc34)n2)c([B])c1[B]. The summed E-state index contributed by atoms with van der Waals surface area (Å²) in [6, 6.07) is 13.4. The lowest BCUT2D eigenvalue weighted by Crippen LogP contribution is -2.55. The van der Waals surface area contributed by atoms with Crippen LogP contribution in [0.4, 0.5) is 0 Å². The molecule has 0 N–H and O–H groups in total. The normalized spacial score (nSPS) is 11.4. The standard InChI is InChI=1S/C21H7B5ClN3O/c22-14-13(15(23)17(25)18(26)16(14)24)20-28-19(29-21(27)30-20)8-5-6-10-9-3-1-2-4-11(9)31-12(10)7-8/h1-7H. The van der Waals surface area contributed by atoms with Crippen molar-refractivity contribution in [2.75, 3.05) is 0 Å². The Balaban J connectivity index is 1.71. The molecule has 5 aromatic rings. The molecule has 4 nitrogen and oxygen atoms in total. The summed E-state index contributed by atoms with van der Waals surface area (Å²) < 4.78 is 5.95. The molecular formula is C21H7B5ClN3O. The number of nitrogens with zero attached hydrogens (tertiary/aromatic N) is 3. The largest absolute Gasteiger partial charge is 0.456 e. The van der Waals surface area contributed by atoms with Crippen molar-refractivity contribution < 1.29 is 4.42 Å². The molecule has 0 amide bonds. The predicted octanol–water partition coefficient (Wildman–Crippen LogP) is -0.273. The van der Waals surface area contributed by atoms with Crippen molar-refractivity contribution in [3.05, 3.63) is 47.7 Å². The van der Waals surface area contributed by atoms with Gasteiger partial charge >= 0.3 is 0 Å². The lowest BCUT2D eigenvalue weighted by Gasteiger charge is -2.20. The van der Waals surface area contributed by atoms with Crippen molar-refractivity contribution in [2.24, 2.45) is 0 Å². The van der Waals surface area contributed by atoms with E-state index in [1.165, 1.54) is 0 Å². The van der Waals surface area contributed by atoms with Crippen LogP contribution in [0.3, 0.4) is 0 Å². The quantitative estimate of drug-likeness (QED) is 0.379. The minimum Gasteiger partial charge on any atom is -0.456 e. The van der Waals surface area contributed by atoms with Crippen molar-refractivity contribution in [1.29, 1.82) is 0 Å². The minimum atomic E-state index is -0.0440. The van der Waals surface area contributed by atoms with Crippen molar-refractivity contribution >= 4 is 100 Å². The zero-order valence-corrected chi connectivity index (χ0v) is 16.8. The lowest BCUT2D eigenvalue weighted by molar-refractivity contribution is 0.669. The highest BCUT2D eigenvalue weighted by atomic mass is 35.5. The highest BCUT2D eigenvalue weighted by molar-refractivity contribution is 6.68. The van der Waals surface area contributed by atoms with Gasteiger partial charge in [-0.1, -0.05) is 35.2 Å². The summed E-state index contributed by atoms with van der Waals surface area (Å²) in [5.41, 5.74) is 2.94. The second kappa shape index (κ2) is 7.35. The lowest BCUT2D eigenvalue weighted by atomic mass is 9.60. The topological polar surface area (TPSA) is 51.8 Å². The highest BCUT2D eigenvalue weighted by Gasteiger charge is 2.17. The molecule has 0 aliphatic rings. The van der Waals surface area contributed by atoms with Crippen LogP contribution < -0.4 is 27.3 Å². The molecule has 0 fully saturated rings. The minimum absolute atomic E-state index is 0.0440. The van der Waals surface area contributed by atoms with Crippen LogP contribution >= 0.6 is 11.6 Å². The van der Waals surface area contributed by atoms with Crippen molar-refractivity contribution in [3.63, 3.8) is 0 Å². The molecule has 0 aliphatic heterocycles. The van der Waals surface area contributed by atoms with Gasteiger partial charge in [0.1, 0.15) is 50.4 Å². The van der Waals surface area contributed by atoms with E-state index in [9.17, 15) is 0 Å². The maximum Gasteiger partial charge on any atom is 0.226 e. The first-order chi connectivity index (χ1) is 14.8. The average Bonchev–Trinajstić information content (AvgIpc) is 3.14. The molecule has 10 radical (unpaired) electrons. The third-order valence-electron chi connectivity index (χ3n) is 5.17. The zero-order valence-electron chi connectivity index (χ0n) is 16.1. The van der Waals surface area contributed by atoms with E-state index in [1.807, 2.05) is 42.5 Å². The summed E-state index contributed by atoms with van der Waals surface area (Å²) in [7, 11) is 30.1. The molecule has 10 heteroatoms. The molecule has 134 valence electrons. The van der Waals surface area contributed by atoms with Gasteiger partial charge in [-0.25, -0.2) is 4.98 Å². The van der Waals surface area contributed by atoms with Crippen molar-refractivity contribution in [2.45, 2.75) is 0 Å². The molecule has 0 saturated carbocycles. The van der Waals surface area contributed by atoms with Gasteiger partial charge in [-0.3, -0.25) is 0 Å². The second-order valence-electron chi connectivity index (χ2n) is 7.00. The highest BCUT2D eigenvalue weighted by Crippen LogP contribution is 2.31. The van der Waals surface area contributed by atoms with Gasteiger partial charge in [0.05, 0.1) is 0 Å². The Morgan fingerprint density at radius 2 is 1.26 bits per heavy atom. The van der Waals surface area contributed by atoms with Gasteiger partial charge < -0.3 is 4.42 Å². The number of halogens is 1. The molecule has 0 spiro atoms. The monoisotopic (exact) mass is 407 g/mol. The summed E-state index contributed by atoms with van der Waals surface area (Å²) in [6.07, 6.45) is 0. The maximum atomic E-state index is 6.19. The van der Waals surface area contributed by atoms with E-state index >= 15 is 0 Å². The molecule has 5 rings (SSSR count). The van der Waals surface area contributed by atoms with Crippen LogP contribution in [0.25, 0.3) is 44.7 Å². The number of para-hydroxylation sites is 1. The fraction of sp³-hybridized carbons (Fsp3) is 0. The molecule has 0 saturated heterocycles. The predicted molar refractivity (Wildman–Crippen MR) is 130 cm³/mol. The number of hydrogen-bond donors (Lipinski definition) is 0. The summed E-state index contributed by atoms with van der Waals surface area (Å²) in [4.78, 5) is 12.9. The maximum absolute atomic E-state index is 6.19. The number of hydrogen-bond acceptors (Lipinski definition) is 4. The van der Waals surface area contributed by atoms with Crippen LogP contribution in [0.1, 0.15) is 0 Å². The Kier molecular flexibility index (Phi) is 4.74. The third kappa shape index (κ3) is 3.19. The van der Waals surface area contributed by atoms with Gasteiger partial charge in [-0.2, -0.15) is 9.97 Å². The second-order valence-corrected chi connectivity index (χ2v) is 7.34. The fourth-order valence-electron chi connectivity index (χ4n) is 3.55. The van der Waals surface area contributed by atoms with Crippen LogP contribution in [-0.2, 0) is 0 Å². The van der Waals surface area contributed by atoms with Crippen LogP contribution in [0.2, 0.25) is 5.28 Å². The number of fused-ring (bicyclic) bond motifs is 3. The van der Waals surface area contributed by atoms with Crippen molar-refractivity contribution in [3.8, 4) is 22.8 Å². The van der Waals surface area contributed by atoms with Crippen LogP contribution in [0.5, 0.6) is 0 Å². The smallest absolute Gasteiger partial charge is 0.226 e. The van der Waals surface area contributed by atoms with E-state index in [-0.39, 0.29) is 44.0 Å². The number of furan rings is 1. The molecule has 0 bridgehead atoms. The molecule has 2 aromatic heterocycles. The average molecular weight is 407 g/mol. The Hall–Kier alpha value is -2.92. The molecule has 2 heterocycles. The fourth-order valence-corrected chi connectivity index (χ4v) is 3.71. The van der Waals surface area contributed by atoms with Gasteiger partial charge in [0.15, 0.2) is 11.6 Å². The van der Waals surface area contributed by atoms with E-state index < -0.39 is 0 Å². The summed E-state index contributed by atoms with van der Waals surface area (Å²) in [5, 5.41) is 1.96. The van der Waals surface area contributed by atoms with E-state index in [4.69, 9.17) is 55.2 Å². The van der Waals surface area contributed by atoms with Gasteiger partial charge in [0.25, 0.3) is 0 Å². The first kappa shape index (κ1) is 20.0. The molecular weight excluding hydrogens is 400 g/mol. The number of rotatable bonds is 2.